The number of benzene rings is 2. The van der Waals surface area contributed by atoms with Crippen LogP contribution in [0.3, 0.4) is 0 Å². The van der Waals surface area contributed by atoms with Crippen LogP contribution < -0.4 is 24.3 Å². The van der Waals surface area contributed by atoms with Crippen molar-refractivity contribution in [2.75, 3.05) is 27.4 Å². The van der Waals surface area contributed by atoms with Gasteiger partial charge in [0.15, 0.2) is 11.5 Å². The summed E-state index contributed by atoms with van der Waals surface area (Å²) in [7, 11) is 3.14. The van der Waals surface area contributed by atoms with Crippen LogP contribution in [0.2, 0.25) is 0 Å². The Morgan fingerprint density at radius 3 is 2.30 bits per heavy atom. The van der Waals surface area contributed by atoms with E-state index in [-0.39, 0.29) is 11.9 Å². The average molecular weight is 369 g/mol. The lowest BCUT2D eigenvalue weighted by molar-refractivity contribution is 0.0930. The predicted molar refractivity (Wildman–Crippen MR) is 99.9 cm³/mol. The monoisotopic (exact) mass is 369 g/mol. The zero-order valence-corrected chi connectivity index (χ0v) is 15.5. The Hall–Kier alpha value is -2.89. The van der Waals surface area contributed by atoms with Crippen LogP contribution >= 0.6 is 0 Å². The van der Waals surface area contributed by atoms with Crippen molar-refractivity contribution in [2.24, 2.45) is 5.92 Å². The lowest BCUT2D eigenvalue weighted by Crippen LogP contribution is -2.30. The normalized spacial score (nSPS) is 16.4. The molecule has 1 saturated carbocycles. The third-order valence-corrected chi connectivity index (χ3v) is 4.92. The molecule has 0 radical (unpaired) electrons. The van der Waals surface area contributed by atoms with E-state index in [1.54, 1.807) is 32.4 Å². The molecule has 1 fully saturated rings. The molecule has 0 bridgehead atoms. The molecule has 1 atom stereocenters. The fourth-order valence-electron chi connectivity index (χ4n) is 3.32. The average Bonchev–Trinajstić information content (AvgIpc) is 3.56. The lowest BCUT2D eigenvalue weighted by Gasteiger charge is -2.23. The summed E-state index contributed by atoms with van der Waals surface area (Å²) >= 11 is 0. The summed E-state index contributed by atoms with van der Waals surface area (Å²) in [5, 5.41) is 3.17. The highest BCUT2D eigenvalue weighted by Crippen LogP contribution is 2.43. The molecule has 1 heterocycles. The number of fused-ring (bicyclic) bond motifs is 1. The van der Waals surface area contributed by atoms with Crippen molar-refractivity contribution < 1.29 is 23.7 Å². The van der Waals surface area contributed by atoms with Crippen molar-refractivity contribution >= 4 is 5.91 Å². The minimum atomic E-state index is -0.154. The van der Waals surface area contributed by atoms with Crippen LogP contribution in [0.1, 0.15) is 34.8 Å². The van der Waals surface area contributed by atoms with Crippen molar-refractivity contribution in [3.05, 3.63) is 47.5 Å². The molecular weight excluding hydrogens is 346 g/mol. The molecule has 1 aliphatic carbocycles. The molecule has 27 heavy (non-hydrogen) atoms. The van der Waals surface area contributed by atoms with Crippen LogP contribution in [0.4, 0.5) is 0 Å². The van der Waals surface area contributed by atoms with Crippen molar-refractivity contribution in [2.45, 2.75) is 18.9 Å². The first-order valence-electron chi connectivity index (χ1n) is 9.11. The standard InChI is InChI=1S/C21H23NO5/c1-24-16-9-15(10-17(12-16)25-2)21(23)22-20(13-3-4-13)14-5-6-18-19(11-14)27-8-7-26-18/h5-6,9-13,20H,3-4,7-8H2,1-2H3,(H,22,23). The Bertz CT molecular complexity index is 824. The summed E-state index contributed by atoms with van der Waals surface area (Å²) < 4.78 is 21.8. The van der Waals surface area contributed by atoms with Gasteiger partial charge in [-0.1, -0.05) is 6.07 Å². The number of methoxy groups -OCH3 is 2. The van der Waals surface area contributed by atoms with Gasteiger partial charge in [-0.2, -0.15) is 0 Å². The largest absolute Gasteiger partial charge is 0.497 e. The van der Waals surface area contributed by atoms with Gasteiger partial charge in [0.2, 0.25) is 0 Å². The first-order chi connectivity index (χ1) is 13.2. The van der Waals surface area contributed by atoms with Crippen molar-refractivity contribution in [3.8, 4) is 23.0 Å². The van der Waals surface area contributed by atoms with E-state index in [9.17, 15) is 4.79 Å². The molecule has 1 unspecified atom stereocenters. The van der Waals surface area contributed by atoms with Gasteiger partial charge in [0.25, 0.3) is 5.91 Å². The highest BCUT2D eigenvalue weighted by molar-refractivity contribution is 5.95. The third-order valence-electron chi connectivity index (χ3n) is 4.92. The fourth-order valence-corrected chi connectivity index (χ4v) is 3.32. The first kappa shape index (κ1) is 17.5. The van der Waals surface area contributed by atoms with Gasteiger partial charge in [0.1, 0.15) is 24.7 Å². The van der Waals surface area contributed by atoms with Crippen LogP contribution in [0.25, 0.3) is 0 Å². The maximum absolute atomic E-state index is 12.9. The van der Waals surface area contributed by atoms with Crippen LogP contribution in [0.15, 0.2) is 36.4 Å². The Morgan fingerprint density at radius 1 is 1.00 bits per heavy atom. The van der Waals surface area contributed by atoms with E-state index in [2.05, 4.69) is 5.32 Å². The molecule has 142 valence electrons. The molecular formula is C21H23NO5. The molecule has 0 spiro atoms. The zero-order valence-electron chi connectivity index (χ0n) is 15.5. The van der Waals surface area contributed by atoms with Crippen LogP contribution in [-0.4, -0.2) is 33.3 Å². The summed E-state index contributed by atoms with van der Waals surface area (Å²) in [6.07, 6.45) is 2.20. The number of carbonyl (C=O) groups is 1. The second kappa shape index (κ2) is 7.39. The summed E-state index contributed by atoms with van der Waals surface area (Å²) in [6, 6.07) is 11.0. The smallest absolute Gasteiger partial charge is 0.252 e. The van der Waals surface area contributed by atoms with E-state index in [1.165, 1.54) is 0 Å². The highest BCUT2D eigenvalue weighted by atomic mass is 16.6. The maximum Gasteiger partial charge on any atom is 0.252 e. The molecule has 2 aromatic carbocycles. The summed E-state index contributed by atoms with van der Waals surface area (Å²) in [6.45, 7) is 1.10. The number of ether oxygens (including phenoxy) is 4. The van der Waals surface area contributed by atoms with E-state index in [0.717, 1.165) is 29.9 Å². The SMILES string of the molecule is COc1cc(OC)cc(C(=O)NC(c2ccc3c(c2)OCCO3)C2CC2)c1. The molecule has 1 amide bonds. The van der Waals surface area contributed by atoms with Gasteiger partial charge in [-0.15, -0.1) is 0 Å². The number of rotatable bonds is 6. The summed E-state index contributed by atoms with van der Waals surface area (Å²) in [5.74, 6) is 2.94. The minimum absolute atomic E-state index is 0.0643. The van der Waals surface area contributed by atoms with Crippen molar-refractivity contribution in [1.29, 1.82) is 0 Å². The number of amides is 1. The Kier molecular flexibility index (Phi) is 4.79. The highest BCUT2D eigenvalue weighted by Gasteiger charge is 2.34. The van der Waals surface area contributed by atoms with Crippen LogP contribution in [0, 0.1) is 5.92 Å². The molecule has 0 aromatic heterocycles. The second-order valence-electron chi connectivity index (χ2n) is 6.79. The topological polar surface area (TPSA) is 66.0 Å². The maximum atomic E-state index is 12.9. The molecule has 1 aliphatic heterocycles. The second-order valence-corrected chi connectivity index (χ2v) is 6.79. The number of hydrogen-bond donors (Lipinski definition) is 1. The van der Waals surface area contributed by atoms with E-state index in [1.807, 2.05) is 18.2 Å². The summed E-state index contributed by atoms with van der Waals surface area (Å²) in [4.78, 5) is 12.9. The van der Waals surface area contributed by atoms with Gasteiger partial charge in [-0.3, -0.25) is 4.79 Å². The van der Waals surface area contributed by atoms with Crippen molar-refractivity contribution in [1.82, 2.24) is 5.32 Å². The van der Waals surface area contributed by atoms with Gasteiger partial charge < -0.3 is 24.3 Å². The first-order valence-corrected chi connectivity index (χ1v) is 9.11. The zero-order chi connectivity index (χ0) is 18.8. The van der Waals surface area contributed by atoms with Gasteiger partial charge in [0, 0.05) is 11.6 Å². The van der Waals surface area contributed by atoms with E-state index in [4.69, 9.17) is 18.9 Å². The molecule has 6 heteroatoms. The molecule has 4 rings (SSSR count). The molecule has 0 saturated heterocycles. The number of carbonyl (C=O) groups excluding carboxylic acids is 1. The van der Waals surface area contributed by atoms with Gasteiger partial charge >= 0.3 is 0 Å². The Balaban J connectivity index is 1.58. The van der Waals surface area contributed by atoms with Gasteiger partial charge in [-0.05, 0) is 48.6 Å². The molecule has 2 aliphatic rings. The van der Waals surface area contributed by atoms with Gasteiger partial charge in [-0.25, -0.2) is 0 Å². The quantitative estimate of drug-likeness (QED) is 0.846. The van der Waals surface area contributed by atoms with Crippen LogP contribution in [0.5, 0.6) is 23.0 Å². The molecule has 1 N–H and O–H groups in total. The Morgan fingerprint density at radius 2 is 1.67 bits per heavy atom. The number of hydrogen-bond acceptors (Lipinski definition) is 5. The number of nitrogens with one attached hydrogen (secondary N) is 1. The molecule has 6 nitrogen and oxygen atoms in total. The lowest BCUT2D eigenvalue weighted by atomic mass is 10.0. The predicted octanol–water partition coefficient (Wildman–Crippen LogP) is 3.36. The minimum Gasteiger partial charge on any atom is -0.497 e. The summed E-state index contributed by atoms with van der Waals surface area (Å²) in [5.41, 5.74) is 1.54. The molecule has 2 aromatic rings. The Labute approximate surface area is 158 Å². The fraction of sp³-hybridized carbons (Fsp3) is 0.381. The third kappa shape index (κ3) is 3.79. The van der Waals surface area contributed by atoms with Crippen molar-refractivity contribution in [3.63, 3.8) is 0 Å². The van der Waals surface area contributed by atoms with Gasteiger partial charge in [0.05, 0.1) is 20.3 Å². The van der Waals surface area contributed by atoms with E-state index < -0.39 is 0 Å². The van der Waals surface area contributed by atoms with Crippen LogP contribution in [-0.2, 0) is 0 Å². The van der Waals surface area contributed by atoms with E-state index in [0.29, 0.717) is 36.2 Å². The van der Waals surface area contributed by atoms with E-state index >= 15 is 0 Å².